The van der Waals surface area contributed by atoms with Crippen LogP contribution in [0.25, 0.3) is 0 Å². The van der Waals surface area contributed by atoms with Crippen LogP contribution in [-0.4, -0.2) is 39.5 Å². The van der Waals surface area contributed by atoms with Gasteiger partial charge in [0, 0.05) is 18.0 Å². The zero-order valence-electron chi connectivity index (χ0n) is 11.3. The molecule has 0 spiro atoms. The topological polar surface area (TPSA) is 91.7 Å². The van der Waals surface area contributed by atoms with Gasteiger partial charge in [-0.3, -0.25) is 4.98 Å². The molecule has 6 heteroatoms. The van der Waals surface area contributed by atoms with Gasteiger partial charge in [0.2, 0.25) is 0 Å². The van der Waals surface area contributed by atoms with Crippen molar-refractivity contribution in [3.63, 3.8) is 0 Å². The number of aliphatic hydroxyl groups is 2. The summed E-state index contributed by atoms with van der Waals surface area (Å²) in [5, 5.41) is 21.7. The second-order valence-electron chi connectivity index (χ2n) is 5.17. The Morgan fingerprint density at radius 2 is 2.21 bits per heavy atom. The molecule has 0 fully saturated rings. The minimum Gasteiger partial charge on any atom is -0.444 e. The van der Waals surface area contributed by atoms with E-state index in [1.165, 1.54) is 6.20 Å². The minimum absolute atomic E-state index is 0.407. The molecule has 106 valence electrons. The average Bonchev–Trinajstić information content (AvgIpc) is 2.34. The molecule has 1 heterocycles. The minimum atomic E-state index is -1.05. The van der Waals surface area contributed by atoms with Crippen molar-refractivity contribution in [1.82, 2.24) is 10.3 Å². The fraction of sp³-hybridized carbons (Fsp3) is 0.538. The summed E-state index contributed by atoms with van der Waals surface area (Å²) >= 11 is 0. The number of carbonyl (C=O) groups excluding carboxylic acids is 1. The van der Waals surface area contributed by atoms with E-state index in [0.717, 1.165) is 0 Å². The van der Waals surface area contributed by atoms with E-state index < -0.39 is 30.4 Å². The van der Waals surface area contributed by atoms with Gasteiger partial charge >= 0.3 is 6.09 Å². The van der Waals surface area contributed by atoms with Crippen molar-refractivity contribution in [3.05, 3.63) is 30.1 Å². The van der Waals surface area contributed by atoms with Gasteiger partial charge in [-0.25, -0.2) is 4.79 Å². The fourth-order valence-corrected chi connectivity index (χ4v) is 1.47. The predicted octanol–water partition coefficient (Wildman–Crippen LogP) is 1.00. The number of hydrogen-bond donors (Lipinski definition) is 3. The number of rotatable bonds is 4. The summed E-state index contributed by atoms with van der Waals surface area (Å²) in [4.78, 5) is 15.5. The summed E-state index contributed by atoms with van der Waals surface area (Å²) in [7, 11) is 0. The highest BCUT2D eigenvalue weighted by atomic mass is 16.6. The van der Waals surface area contributed by atoms with Crippen molar-refractivity contribution in [2.24, 2.45) is 0 Å². The Labute approximate surface area is 112 Å². The zero-order valence-corrected chi connectivity index (χ0v) is 11.3. The first-order valence-corrected chi connectivity index (χ1v) is 6.02. The summed E-state index contributed by atoms with van der Waals surface area (Å²) in [6.45, 7) is 4.80. The molecule has 2 atom stereocenters. The van der Waals surface area contributed by atoms with E-state index >= 15 is 0 Å². The van der Waals surface area contributed by atoms with E-state index in [0.29, 0.717) is 5.56 Å². The first-order valence-electron chi connectivity index (χ1n) is 6.02. The molecule has 3 N–H and O–H groups in total. The third-order valence-electron chi connectivity index (χ3n) is 2.31. The maximum Gasteiger partial charge on any atom is 0.408 e. The number of nitrogens with zero attached hydrogens (tertiary/aromatic N) is 1. The lowest BCUT2D eigenvalue weighted by Gasteiger charge is -2.25. The van der Waals surface area contributed by atoms with Crippen LogP contribution in [0.15, 0.2) is 24.5 Å². The quantitative estimate of drug-likeness (QED) is 0.757. The maximum atomic E-state index is 11.6. The van der Waals surface area contributed by atoms with E-state index in [9.17, 15) is 15.0 Å². The summed E-state index contributed by atoms with van der Waals surface area (Å²) in [5.74, 6) is 0. The van der Waals surface area contributed by atoms with Crippen molar-refractivity contribution < 1.29 is 19.7 Å². The van der Waals surface area contributed by atoms with E-state index in [4.69, 9.17) is 4.74 Å². The molecule has 1 aromatic heterocycles. The Bertz CT molecular complexity index is 403. The van der Waals surface area contributed by atoms with Gasteiger partial charge in [-0.05, 0) is 26.8 Å². The van der Waals surface area contributed by atoms with Gasteiger partial charge in [0.05, 0.1) is 12.6 Å². The monoisotopic (exact) mass is 268 g/mol. The predicted molar refractivity (Wildman–Crippen MR) is 69.4 cm³/mol. The zero-order chi connectivity index (χ0) is 14.5. The third-order valence-corrected chi connectivity index (χ3v) is 2.31. The molecule has 1 amide bonds. The first kappa shape index (κ1) is 15.4. The fourth-order valence-electron chi connectivity index (χ4n) is 1.47. The molecule has 0 saturated carbocycles. The molecule has 0 aromatic carbocycles. The van der Waals surface area contributed by atoms with Gasteiger partial charge in [0.15, 0.2) is 0 Å². The molecule has 0 bridgehead atoms. The smallest absolute Gasteiger partial charge is 0.408 e. The van der Waals surface area contributed by atoms with Crippen LogP contribution in [-0.2, 0) is 4.74 Å². The third kappa shape index (κ3) is 5.23. The van der Waals surface area contributed by atoms with Crippen LogP contribution in [0.5, 0.6) is 0 Å². The highest BCUT2D eigenvalue weighted by Gasteiger charge is 2.25. The van der Waals surface area contributed by atoms with Gasteiger partial charge in [-0.15, -0.1) is 0 Å². The van der Waals surface area contributed by atoms with Crippen molar-refractivity contribution in [1.29, 1.82) is 0 Å². The second-order valence-corrected chi connectivity index (χ2v) is 5.17. The summed E-state index contributed by atoms with van der Waals surface area (Å²) in [6.07, 6.45) is 1.32. The van der Waals surface area contributed by atoms with Crippen LogP contribution in [0, 0.1) is 0 Å². The number of pyridine rings is 1. The van der Waals surface area contributed by atoms with E-state index in [-0.39, 0.29) is 0 Å². The molecule has 0 aliphatic heterocycles. The van der Waals surface area contributed by atoms with E-state index in [2.05, 4.69) is 10.3 Å². The van der Waals surface area contributed by atoms with E-state index in [1.807, 2.05) is 0 Å². The van der Waals surface area contributed by atoms with Crippen LogP contribution in [0.3, 0.4) is 0 Å². The summed E-state index contributed by atoms with van der Waals surface area (Å²) in [5.41, 5.74) is -0.124. The second kappa shape index (κ2) is 6.49. The average molecular weight is 268 g/mol. The summed E-state index contributed by atoms with van der Waals surface area (Å²) < 4.78 is 5.07. The normalized spacial score (nSPS) is 14.6. The number of nitrogens with one attached hydrogen (secondary N) is 1. The largest absolute Gasteiger partial charge is 0.444 e. The number of amides is 1. The van der Waals surface area contributed by atoms with Gasteiger partial charge in [-0.2, -0.15) is 0 Å². The van der Waals surface area contributed by atoms with Gasteiger partial charge < -0.3 is 20.3 Å². The Morgan fingerprint density at radius 3 is 2.68 bits per heavy atom. The lowest BCUT2D eigenvalue weighted by Crippen LogP contribution is -2.44. The van der Waals surface area contributed by atoms with Crippen molar-refractivity contribution >= 4 is 6.09 Å². The van der Waals surface area contributed by atoms with Crippen molar-refractivity contribution in [3.8, 4) is 0 Å². The highest BCUT2D eigenvalue weighted by Crippen LogP contribution is 2.16. The number of aromatic nitrogens is 1. The Hall–Kier alpha value is -1.66. The van der Waals surface area contributed by atoms with Crippen LogP contribution in [0.4, 0.5) is 4.79 Å². The lowest BCUT2D eigenvalue weighted by atomic mass is 10.1. The molecular weight excluding hydrogens is 248 g/mol. The SMILES string of the molecule is CC(C)(C)OC(=O)N[C@@H](CO)[C@H](O)c1cccnc1. The van der Waals surface area contributed by atoms with Crippen molar-refractivity contribution in [2.75, 3.05) is 6.61 Å². The number of ether oxygens (including phenoxy) is 1. The van der Waals surface area contributed by atoms with Gasteiger partial charge in [0.1, 0.15) is 11.7 Å². The molecule has 0 radical (unpaired) electrons. The Morgan fingerprint density at radius 1 is 1.53 bits per heavy atom. The van der Waals surface area contributed by atoms with Gasteiger partial charge in [0.25, 0.3) is 0 Å². The number of alkyl carbamates (subject to hydrolysis) is 1. The molecule has 0 aliphatic carbocycles. The molecule has 19 heavy (non-hydrogen) atoms. The van der Waals surface area contributed by atoms with Crippen LogP contribution >= 0.6 is 0 Å². The number of aliphatic hydroxyl groups excluding tert-OH is 2. The lowest BCUT2D eigenvalue weighted by molar-refractivity contribution is 0.0349. The number of hydrogen-bond acceptors (Lipinski definition) is 5. The van der Waals surface area contributed by atoms with Crippen molar-refractivity contribution in [2.45, 2.75) is 38.5 Å². The highest BCUT2D eigenvalue weighted by molar-refractivity contribution is 5.68. The molecule has 0 saturated heterocycles. The van der Waals surface area contributed by atoms with Gasteiger partial charge in [-0.1, -0.05) is 6.07 Å². The van der Waals surface area contributed by atoms with Crippen LogP contribution in [0.1, 0.15) is 32.4 Å². The number of carbonyl (C=O) groups is 1. The van der Waals surface area contributed by atoms with Crippen LogP contribution in [0.2, 0.25) is 0 Å². The molecule has 6 nitrogen and oxygen atoms in total. The molecule has 1 rings (SSSR count). The van der Waals surface area contributed by atoms with E-state index in [1.54, 1.807) is 39.1 Å². The van der Waals surface area contributed by atoms with Crippen LogP contribution < -0.4 is 5.32 Å². The molecule has 0 unspecified atom stereocenters. The maximum absolute atomic E-state index is 11.6. The Balaban J connectivity index is 2.66. The Kier molecular flexibility index (Phi) is 5.26. The molecular formula is C13H20N2O4. The standard InChI is InChI=1S/C13H20N2O4/c1-13(2,3)19-12(18)15-10(8-16)11(17)9-5-4-6-14-7-9/h4-7,10-11,16-17H,8H2,1-3H3,(H,15,18)/t10-,11+/m0/s1. The summed E-state index contributed by atoms with van der Waals surface area (Å²) in [6, 6.07) is 2.48. The molecule has 0 aliphatic rings. The molecule has 1 aromatic rings. The first-order chi connectivity index (χ1) is 8.83.